The number of tetrazole rings is 1. The van der Waals surface area contributed by atoms with Crippen LogP contribution in [0.4, 0.5) is 0 Å². The molecule has 0 amide bonds. The highest BCUT2D eigenvalue weighted by atomic mass is 35.5. The van der Waals surface area contributed by atoms with Crippen molar-refractivity contribution in [1.29, 1.82) is 5.26 Å². The first kappa shape index (κ1) is 17.8. The van der Waals surface area contributed by atoms with Crippen LogP contribution in [0.3, 0.4) is 0 Å². The molecule has 0 atom stereocenters. The largest absolute Gasteiger partial charge is 0.293 e. The SMILES string of the molecule is CCCN(Cc1nnnn1-c1ccc(Cl)c(C#N)n1)C1CCCCC1. The van der Waals surface area contributed by atoms with Gasteiger partial charge in [0, 0.05) is 6.04 Å². The fourth-order valence-corrected chi connectivity index (χ4v) is 3.56. The summed E-state index contributed by atoms with van der Waals surface area (Å²) in [6, 6.07) is 5.97. The van der Waals surface area contributed by atoms with Gasteiger partial charge in [-0.05, 0) is 48.4 Å². The summed E-state index contributed by atoms with van der Waals surface area (Å²) in [4.78, 5) is 6.74. The molecule has 1 aliphatic carbocycles. The summed E-state index contributed by atoms with van der Waals surface area (Å²) in [6.07, 6.45) is 7.48. The molecule has 7 nitrogen and oxygen atoms in total. The molecule has 0 saturated heterocycles. The van der Waals surface area contributed by atoms with Crippen molar-refractivity contribution < 1.29 is 0 Å². The molecule has 0 unspecified atom stereocenters. The standard InChI is InChI=1S/C17H22ClN7/c1-2-10-24(13-6-4-3-5-7-13)12-17-21-22-23-25(17)16-9-8-14(18)15(11-19)20-16/h8-9,13H,2-7,10,12H2,1H3. The topological polar surface area (TPSA) is 83.5 Å². The molecule has 2 heterocycles. The van der Waals surface area contributed by atoms with Crippen molar-refractivity contribution in [2.24, 2.45) is 0 Å². The number of pyridine rings is 1. The van der Waals surface area contributed by atoms with Crippen LogP contribution in [0.25, 0.3) is 5.82 Å². The van der Waals surface area contributed by atoms with Gasteiger partial charge in [-0.2, -0.15) is 9.94 Å². The third-order valence-electron chi connectivity index (χ3n) is 4.63. The Morgan fingerprint density at radius 1 is 1.32 bits per heavy atom. The predicted octanol–water partition coefficient (Wildman–Crippen LogP) is 3.13. The third kappa shape index (κ3) is 4.14. The highest BCUT2D eigenvalue weighted by Gasteiger charge is 2.23. The lowest BCUT2D eigenvalue weighted by atomic mass is 9.94. The summed E-state index contributed by atoms with van der Waals surface area (Å²) in [5.41, 5.74) is 0.179. The average Bonchev–Trinajstić information content (AvgIpc) is 3.11. The average molecular weight is 360 g/mol. The van der Waals surface area contributed by atoms with Crippen molar-refractivity contribution in [3.8, 4) is 11.9 Å². The van der Waals surface area contributed by atoms with Crippen molar-refractivity contribution in [3.05, 3.63) is 28.7 Å². The van der Waals surface area contributed by atoms with Crippen LogP contribution in [-0.2, 0) is 6.54 Å². The van der Waals surface area contributed by atoms with Gasteiger partial charge in [0.05, 0.1) is 11.6 Å². The fourth-order valence-electron chi connectivity index (χ4n) is 3.42. The molecular formula is C17H22ClN7. The van der Waals surface area contributed by atoms with E-state index in [1.54, 1.807) is 16.8 Å². The maximum atomic E-state index is 9.13. The quantitative estimate of drug-likeness (QED) is 0.787. The van der Waals surface area contributed by atoms with E-state index in [0.29, 0.717) is 23.4 Å². The molecule has 2 aromatic rings. The minimum absolute atomic E-state index is 0.179. The summed E-state index contributed by atoms with van der Waals surface area (Å²) in [7, 11) is 0. The van der Waals surface area contributed by atoms with Crippen LogP contribution in [0.1, 0.15) is 57.0 Å². The van der Waals surface area contributed by atoms with Crippen LogP contribution >= 0.6 is 11.6 Å². The summed E-state index contributed by atoms with van der Waals surface area (Å²) in [5.74, 6) is 1.25. The second-order valence-corrected chi connectivity index (χ2v) is 6.79. The fraction of sp³-hybridized carbons (Fsp3) is 0.588. The van der Waals surface area contributed by atoms with Crippen LogP contribution in [0, 0.1) is 11.3 Å². The van der Waals surface area contributed by atoms with E-state index in [-0.39, 0.29) is 5.69 Å². The lowest BCUT2D eigenvalue weighted by Gasteiger charge is -2.33. The second kappa shape index (κ2) is 8.37. The molecule has 0 aromatic carbocycles. The summed E-state index contributed by atoms with van der Waals surface area (Å²) >= 11 is 5.97. The number of nitrogens with zero attached hydrogens (tertiary/aromatic N) is 7. The first-order valence-electron chi connectivity index (χ1n) is 8.81. The molecule has 1 saturated carbocycles. The van der Waals surface area contributed by atoms with Crippen molar-refractivity contribution in [2.75, 3.05) is 6.54 Å². The van der Waals surface area contributed by atoms with Crippen LogP contribution < -0.4 is 0 Å². The highest BCUT2D eigenvalue weighted by molar-refractivity contribution is 6.31. The molecular weight excluding hydrogens is 338 g/mol. The van der Waals surface area contributed by atoms with E-state index in [1.807, 2.05) is 6.07 Å². The molecule has 132 valence electrons. The summed E-state index contributed by atoms with van der Waals surface area (Å²) < 4.78 is 1.60. The number of nitriles is 1. The molecule has 0 N–H and O–H groups in total. The lowest BCUT2D eigenvalue weighted by molar-refractivity contribution is 0.143. The molecule has 0 aliphatic heterocycles. The predicted molar refractivity (Wildman–Crippen MR) is 94.2 cm³/mol. The zero-order valence-corrected chi connectivity index (χ0v) is 15.2. The van der Waals surface area contributed by atoms with Gasteiger partial charge < -0.3 is 0 Å². The second-order valence-electron chi connectivity index (χ2n) is 6.38. The lowest BCUT2D eigenvalue weighted by Crippen LogP contribution is -2.37. The van der Waals surface area contributed by atoms with Gasteiger partial charge in [0.1, 0.15) is 6.07 Å². The number of hydrogen-bond acceptors (Lipinski definition) is 6. The number of rotatable bonds is 6. The maximum Gasteiger partial charge on any atom is 0.172 e. The Morgan fingerprint density at radius 3 is 2.84 bits per heavy atom. The molecule has 0 spiro atoms. The summed E-state index contributed by atoms with van der Waals surface area (Å²) in [5, 5.41) is 21.5. The van der Waals surface area contributed by atoms with Gasteiger partial charge in [-0.25, -0.2) is 4.98 Å². The number of aromatic nitrogens is 5. The van der Waals surface area contributed by atoms with E-state index in [0.717, 1.165) is 18.8 Å². The van der Waals surface area contributed by atoms with E-state index >= 15 is 0 Å². The molecule has 2 aromatic heterocycles. The van der Waals surface area contributed by atoms with Gasteiger partial charge in [0.2, 0.25) is 0 Å². The molecule has 1 aliphatic rings. The van der Waals surface area contributed by atoms with Crippen molar-refractivity contribution in [1.82, 2.24) is 30.1 Å². The van der Waals surface area contributed by atoms with Crippen molar-refractivity contribution in [3.63, 3.8) is 0 Å². The van der Waals surface area contributed by atoms with E-state index in [1.165, 1.54) is 32.1 Å². The van der Waals surface area contributed by atoms with Gasteiger partial charge in [-0.1, -0.05) is 37.8 Å². The van der Waals surface area contributed by atoms with Crippen LogP contribution in [0.15, 0.2) is 12.1 Å². The van der Waals surface area contributed by atoms with E-state index in [9.17, 15) is 0 Å². The monoisotopic (exact) mass is 359 g/mol. The van der Waals surface area contributed by atoms with Gasteiger partial charge in [0.25, 0.3) is 0 Å². The number of hydrogen-bond donors (Lipinski definition) is 0. The molecule has 8 heteroatoms. The van der Waals surface area contributed by atoms with Gasteiger partial charge in [0.15, 0.2) is 17.3 Å². The van der Waals surface area contributed by atoms with Crippen molar-refractivity contribution in [2.45, 2.75) is 58.0 Å². The van der Waals surface area contributed by atoms with Gasteiger partial charge >= 0.3 is 0 Å². The zero-order valence-electron chi connectivity index (χ0n) is 14.4. The van der Waals surface area contributed by atoms with Crippen LogP contribution in [0.5, 0.6) is 0 Å². The Morgan fingerprint density at radius 2 is 2.12 bits per heavy atom. The van der Waals surface area contributed by atoms with Crippen LogP contribution in [0.2, 0.25) is 5.02 Å². The Bertz CT molecular complexity index is 746. The third-order valence-corrected chi connectivity index (χ3v) is 4.94. The van der Waals surface area contributed by atoms with E-state index in [2.05, 4.69) is 32.3 Å². The molecule has 1 fully saturated rings. The smallest absolute Gasteiger partial charge is 0.172 e. The molecule has 0 bridgehead atoms. The van der Waals surface area contributed by atoms with Gasteiger partial charge in [-0.15, -0.1) is 5.10 Å². The first-order chi connectivity index (χ1) is 12.2. The minimum atomic E-state index is 0.179. The molecule has 3 rings (SSSR count). The van der Waals surface area contributed by atoms with E-state index < -0.39 is 0 Å². The molecule has 25 heavy (non-hydrogen) atoms. The Labute approximate surface area is 152 Å². The Kier molecular flexibility index (Phi) is 5.95. The molecule has 0 radical (unpaired) electrons. The van der Waals surface area contributed by atoms with Gasteiger partial charge in [-0.3, -0.25) is 4.90 Å². The number of halogens is 1. The summed E-state index contributed by atoms with van der Waals surface area (Å²) in [6.45, 7) is 3.89. The van der Waals surface area contributed by atoms with Crippen molar-refractivity contribution >= 4 is 11.6 Å². The minimum Gasteiger partial charge on any atom is -0.293 e. The normalized spacial score (nSPS) is 15.4. The maximum absolute atomic E-state index is 9.13. The Hall–Kier alpha value is -2.04. The zero-order chi connectivity index (χ0) is 17.6. The first-order valence-corrected chi connectivity index (χ1v) is 9.19. The highest BCUT2D eigenvalue weighted by Crippen LogP contribution is 2.24. The Balaban J connectivity index is 1.84. The van der Waals surface area contributed by atoms with Crippen LogP contribution in [-0.4, -0.2) is 42.7 Å². The van der Waals surface area contributed by atoms with E-state index in [4.69, 9.17) is 16.9 Å².